The Morgan fingerprint density at radius 1 is 0.427 bits per heavy atom. The molecule has 8 rings (SSSR count). The van der Waals surface area contributed by atoms with Gasteiger partial charge in [-0.05, 0) is 189 Å². The van der Waals surface area contributed by atoms with Gasteiger partial charge in [0.1, 0.15) is 85.8 Å². The Morgan fingerprint density at radius 3 is 1.12 bits per heavy atom. The van der Waals surface area contributed by atoms with Crippen LogP contribution in [0.4, 0.5) is 0 Å². The summed E-state index contributed by atoms with van der Waals surface area (Å²) in [6, 6.07) is 40.9. The molecule has 0 aliphatic carbocycles. The van der Waals surface area contributed by atoms with Crippen molar-refractivity contribution >= 4 is 63.7 Å². The molecule has 2 saturated heterocycles. The van der Waals surface area contributed by atoms with Crippen LogP contribution in [0.3, 0.4) is 0 Å². The Balaban J connectivity index is 0.737. The second-order valence-electron chi connectivity index (χ2n) is 21.0. The van der Waals surface area contributed by atoms with Crippen molar-refractivity contribution in [1.82, 2.24) is 0 Å². The van der Waals surface area contributed by atoms with Gasteiger partial charge in [0, 0.05) is 16.2 Å². The molecule has 0 amide bonds. The second-order valence-corrected chi connectivity index (χ2v) is 24.4. The third kappa shape index (κ3) is 15.6. The van der Waals surface area contributed by atoms with E-state index in [0.29, 0.717) is 37.7 Å². The molecule has 2 heterocycles. The van der Waals surface area contributed by atoms with Crippen LogP contribution in [0.5, 0.6) is 34.5 Å². The van der Waals surface area contributed by atoms with Crippen molar-refractivity contribution in [2.75, 3.05) is 52.9 Å². The van der Waals surface area contributed by atoms with E-state index in [1.807, 2.05) is 48.5 Å². The maximum atomic E-state index is 10.9. The van der Waals surface area contributed by atoms with Crippen LogP contribution in [0.1, 0.15) is 101 Å². The number of halogens is 4. The van der Waals surface area contributed by atoms with Crippen LogP contribution in [0.15, 0.2) is 139 Å². The normalized spacial score (nSPS) is 16.2. The molecule has 2 fully saturated rings. The number of benzene rings is 6. The van der Waals surface area contributed by atoms with Gasteiger partial charge in [-0.1, -0.05) is 96.5 Å². The highest BCUT2D eigenvalue weighted by molar-refractivity contribution is 9.11. The summed E-state index contributed by atoms with van der Waals surface area (Å²) in [6.45, 7) is 16.8. The predicted octanol–water partition coefficient (Wildman–Crippen LogP) is 14.5. The lowest BCUT2D eigenvalue weighted by atomic mass is 9.78. The van der Waals surface area contributed by atoms with Crippen molar-refractivity contribution in [2.45, 2.75) is 108 Å². The summed E-state index contributed by atoms with van der Waals surface area (Å²) in [7, 11) is 0. The molecule has 0 aromatic heterocycles. The average molecular weight is 1280 g/mol. The van der Waals surface area contributed by atoms with E-state index in [9.17, 15) is 10.2 Å². The third-order valence-corrected chi connectivity index (χ3v) is 16.5. The number of unbranched alkanes of at least 4 members (excludes halogenated alkanes) is 2. The first-order chi connectivity index (χ1) is 35.9. The van der Waals surface area contributed by atoms with Crippen LogP contribution in [0, 0.1) is 0 Å². The summed E-state index contributed by atoms with van der Waals surface area (Å²) in [6.07, 6.45) is 2.30. The molecule has 400 valence electrons. The molecule has 0 saturated carbocycles. The molecule has 10 nitrogen and oxygen atoms in total. The molecule has 0 spiro atoms. The van der Waals surface area contributed by atoms with E-state index in [2.05, 4.69) is 178 Å². The summed E-state index contributed by atoms with van der Waals surface area (Å²) < 4.78 is 49.7. The summed E-state index contributed by atoms with van der Waals surface area (Å²) in [5.74, 6) is 4.44. The first-order valence-corrected chi connectivity index (χ1v) is 28.8. The van der Waals surface area contributed by atoms with Crippen LogP contribution in [0.2, 0.25) is 0 Å². The van der Waals surface area contributed by atoms with Crippen molar-refractivity contribution in [3.8, 4) is 34.5 Å². The highest BCUT2D eigenvalue weighted by Crippen LogP contribution is 2.45. The fraction of sp³-hybridized carbons (Fsp3) is 0.410. The zero-order valence-electron chi connectivity index (χ0n) is 43.5. The Bertz CT molecular complexity index is 2750. The van der Waals surface area contributed by atoms with E-state index in [-0.39, 0.29) is 42.9 Å². The fourth-order valence-corrected chi connectivity index (χ4v) is 11.6. The molecule has 6 aromatic rings. The Labute approximate surface area is 476 Å². The quantitative estimate of drug-likeness (QED) is 0.0363. The number of ether oxygens (including phenoxy) is 8. The van der Waals surface area contributed by atoms with E-state index in [1.165, 1.54) is 16.7 Å². The summed E-state index contributed by atoms with van der Waals surface area (Å²) in [5.41, 5.74) is 5.98. The molecule has 0 bridgehead atoms. The van der Waals surface area contributed by atoms with E-state index in [4.69, 9.17) is 37.9 Å². The number of rotatable bonds is 28. The van der Waals surface area contributed by atoms with Crippen LogP contribution in [0.25, 0.3) is 0 Å². The molecule has 14 heteroatoms. The first kappa shape index (κ1) is 57.1. The maximum absolute atomic E-state index is 10.9. The number of hydrogen-bond donors (Lipinski definition) is 2. The van der Waals surface area contributed by atoms with E-state index < -0.39 is 17.6 Å². The van der Waals surface area contributed by atoms with Crippen molar-refractivity contribution in [2.24, 2.45) is 0 Å². The predicted molar refractivity (Wildman–Crippen MR) is 309 cm³/mol. The van der Waals surface area contributed by atoms with Crippen LogP contribution in [-0.2, 0) is 25.7 Å². The Hall–Kier alpha value is -4.12. The lowest BCUT2D eigenvalue weighted by Gasteiger charge is -2.28. The third-order valence-electron chi connectivity index (χ3n) is 14.2. The minimum atomic E-state index is -0.864. The average Bonchev–Trinajstić information content (AvgIpc) is 4.35. The highest BCUT2D eigenvalue weighted by atomic mass is 79.9. The molecule has 2 N–H and O–H groups in total. The summed E-state index contributed by atoms with van der Waals surface area (Å²) in [5, 5.41) is 21.6. The lowest BCUT2D eigenvalue weighted by molar-refractivity contribution is 0.0621. The molecular weight excluding hydrogens is 1210 g/mol. The van der Waals surface area contributed by atoms with E-state index in [0.717, 1.165) is 90.1 Å². The van der Waals surface area contributed by atoms with Crippen LogP contribution >= 0.6 is 63.7 Å². The van der Waals surface area contributed by atoms with E-state index in [1.54, 1.807) is 0 Å². The summed E-state index contributed by atoms with van der Waals surface area (Å²) >= 11 is 15.0. The van der Waals surface area contributed by atoms with Crippen molar-refractivity contribution in [3.63, 3.8) is 0 Å². The Morgan fingerprint density at radius 2 is 0.747 bits per heavy atom. The first-order valence-electron chi connectivity index (χ1n) is 25.6. The van der Waals surface area contributed by atoms with Crippen LogP contribution < -0.4 is 28.4 Å². The molecule has 4 unspecified atom stereocenters. The SMILES string of the molecule is CC(C)(c1ccc(OCC(O)CCCCCOc2c(Br)cc(C(C)(C)c3cc(Br)c(OCC(O)COc4ccc(C(C)(C)c5ccc(OCC6CO6)cc5)cc4)c(Br)c3)cc2Br)cc1)c1ccc(OCC2CO2)cc1. The molecule has 6 aromatic carbocycles. The Kier molecular flexibility index (Phi) is 19.5. The zero-order valence-corrected chi connectivity index (χ0v) is 49.9. The number of epoxide rings is 2. The van der Waals surface area contributed by atoms with Gasteiger partial charge in [0.05, 0.1) is 43.8 Å². The minimum absolute atomic E-state index is 0.0396. The lowest BCUT2D eigenvalue weighted by Crippen LogP contribution is -2.25. The van der Waals surface area contributed by atoms with Gasteiger partial charge in [-0.2, -0.15) is 0 Å². The fourth-order valence-electron chi connectivity index (χ4n) is 8.72. The van der Waals surface area contributed by atoms with Gasteiger partial charge >= 0.3 is 0 Å². The molecular formula is C61H68Br4O10. The topological polar surface area (TPSA) is 121 Å². The second kappa shape index (κ2) is 25.6. The van der Waals surface area contributed by atoms with E-state index >= 15 is 0 Å². The van der Waals surface area contributed by atoms with Gasteiger partial charge in [0.15, 0.2) is 0 Å². The standard InChI is InChI=1S/C61H68Br4O10/c1-59(2,41-15-23-49(24-16-41)71-35-51-37-73-51)39-11-19-47(20-12-39)69-32-45(66)10-8-7-9-27-68-57-53(62)28-43(29-54(57)63)61(5,6)44-30-55(64)58(56(65)31-44)75-34-46(67)33-70-48-21-13-40(14-22-48)60(3,4)42-17-25-50(26-18-42)72-36-52-38-74-52/h11-26,28-31,45-46,51-52,66-67H,7-10,27,32-38H2,1-6H3. The van der Waals surface area contributed by atoms with Gasteiger partial charge in [0.2, 0.25) is 0 Å². The highest BCUT2D eigenvalue weighted by Gasteiger charge is 2.30. The smallest absolute Gasteiger partial charge is 0.147 e. The van der Waals surface area contributed by atoms with Gasteiger partial charge in [-0.25, -0.2) is 0 Å². The van der Waals surface area contributed by atoms with Crippen molar-refractivity contribution < 1.29 is 48.1 Å². The summed E-state index contributed by atoms with van der Waals surface area (Å²) in [4.78, 5) is 0. The molecule has 75 heavy (non-hydrogen) atoms. The molecule has 2 aliphatic heterocycles. The van der Waals surface area contributed by atoms with Crippen LogP contribution in [-0.4, -0.2) is 87.5 Å². The number of aliphatic hydroxyl groups excluding tert-OH is 2. The zero-order chi connectivity index (χ0) is 53.3. The van der Waals surface area contributed by atoms with Crippen molar-refractivity contribution in [3.05, 3.63) is 173 Å². The molecule has 2 aliphatic rings. The van der Waals surface area contributed by atoms with Gasteiger partial charge in [0.25, 0.3) is 0 Å². The minimum Gasteiger partial charge on any atom is -0.491 e. The van der Waals surface area contributed by atoms with Gasteiger partial charge < -0.3 is 48.1 Å². The van der Waals surface area contributed by atoms with Crippen molar-refractivity contribution in [1.29, 1.82) is 0 Å². The number of aliphatic hydroxyl groups is 2. The monoisotopic (exact) mass is 1280 g/mol. The molecule has 0 radical (unpaired) electrons. The maximum Gasteiger partial charge on any atom is 0.147 e. The number of hydrogen-bond acceptors (Lipinski definition) is 10. The van der Waals surface area contributed by atoms with Gasteiger partial charge in [-0.3, -0.25) is 0 Å². The van der Waals surface area contributed by atoms with Gasteiger partial charge in [-0.15, -0.1) is 0 Å². The molecule has 4 atom stereocenters. The largest absolute Gasteiger partial charge is 0.491 e.